The van der Waals surface area contributed by atoms with Gasteiger partial charge < -0.3 is 10.2 Å². The van der Waals surface area contributed by atoms with Crippen molar-refractivity contribution in [3.05, 3.63) is 29.8 Å². The minimum absolute atomic E-state index is 0.0368. The lowest BCUT2D eigenvalue weighted by Crippen LogP contribution is -2.49. The van der Waals surface area contributed by atoms with Gasteiger partial charge in [-0.25, -0.2) is 8.42 Å². The molecule has 6 nitrogen and oxygen atoms in total. The summed E-state index contributed by atoms with van der Waals surface area (Å²) < 4.78 is 23.2. The van der Waals surface area contributed by atoms with E-state index in [0.717, 1.165) is 5.56 Å². The lowest BCUT2D eigenvalue weighted by Gasteiger charge is -2.31. The molecule has 0 aliphatic carbocycles. The van der Waals surface area contributed by atoms with Crippen molar-refractivity contribution in [3.8, 4) is 0 Å². The van der Waals surface area contributed by atoms with Crippen LogP contribution in [0.15, 0.2) is 24.3 Å². The lowest BCUT2D eigenvalue weighted by molar-refractivity contribution is -0.146. The summed E-state index contributed by atoms with van der Waals surface area (Å²) in [5.41, 5.74) is 0.412. The van der Waals surface area contributed by atoms with Crippen LogP contribution in [0.4, 0.5) is 5.69 Å². The monoisotopic (exact) mass is 352 g/mol. The lowest BCUT2D eigenvalue weighted by atomic mass is 9.89. The molecule has 132 valence electrons. The second-order valence-corrected chi connectivity index (χ2v) is 9.15. The van der Waals surface area contributed by atoms with E-state index in [1.165, 1.54) is 4.90 Å². The van der Waals surface area contributed by atoms with Gasteiger partial charge in [-0.05, 0) is 39.3 Å². The average molecular weight is 352 g/mol. The third kappa shape index (κ3) is 3.95. The van der Waals surface area contributed by atoms with Crippen LogP contribution in [-0.4, -0.2) is 49.7 Å². The highest BCUT2D eigenvalue weighted by Gasteiger charge is 2.42. The van der Waals surface area contributed by atoms with Crippen molar-refractivity contribution in [1.29, 1.82) is 0 Å². The molecule has 1 atom stereocenters. The van der Waals surface area contributed by atoms with Crippen LogP contribution in [0.2, 0.25) is 0 Å². The smallest absolute Gasteiger partial charge is 0.239 e. The summed E-state index contributed by atoms with van der Waals surface area (Å²) in [5.74, 6) is -0.742. The Hall–Kier alpha value is -1.89. The van der Waals surface area contributed by atoms with E-state index in [2.05, 4.69) is 5.32 Å². The molecule has 2 amide bonds. The number of amides is 2. The third-order valence-corrected chi connectivity index (χ3v) is 6.24. The van der Waals surface area contributed by atoms with Gasteiger partial charge in [0.15, 0.2) is 9.84 Å². The molecule has 0 bridgehead atoms. The maximum Gasteiger partial charge on any atom is 0.239 e. The molecule has 1 fully saturated rings. The highest BCUT2D eigenvalue weighted by molar-refractivity contribution is 7.91. The molecule has 1 aromatic carbocycles. The van der Waals surface area contributed by atoms with Crippen LogP contribution in [0.5, 0.6) is 0 Å². The summed E-state index contributed by atoms with van der Waals surface area (Å²) in [7, 11) is -1.52. The molecule has 2 rings (SSSR count). The molecule has 0 radical (unpaired) electrons. The number of sulfone groups is 1. The van der Waals surface area contributed by atoms with Gasteiger partial charge in [-0.2, -0.15) is 0 Å². The number of hydrogen-bond donors (Lipinski definition) is 1. The van der Waals surface area contributed by atoms with Gasteiger partial charge >= 0.3 is 0 Å². The molecule has 1 heterocycles. The first-order valence-electron chi connectivity index (χ1n) is 7.89. The zero-order chi connectivity index (χ0) is 18.1. The zero-order valence-corrected chi connectivity index (χ0v) is 15.3. The second-order valence-electron chi connectivity index (χ2n) is 6.92. The Labute approximate surface area is 143 Å². The molecule has 1 aliphatic heterocycles. The standard InChI is InChI=1S/C17H24N2O4S/c1-12-5-7-13(8-6-12)18-15(20)17(2,3)16(21)19(4)14-9-10-24(22,23)11-14/h5-8,14H,9-11H2,1-4H3,(H,18,20). The summed E-state index contributed by atoms with van der Waals surface area (Å²) in [6.07, 6.45) is 0.417. The van der Waals surface area contributed by atoms with E-state index >= 15 is 0 Å². The van der Waals surface area contributed by atoms with Crippen molar-refractivity contribution < 1.29 is 18.0 Å². The molecule has 1 aromatic rings. The molecule has 0 saturated carbocycles. The zero-order valence-electron chi connectivity index (χ0n) is 14.5. The Balaban J connectivity index is 2.08. The SMILES string of the molecule is Cc1ccc(NC(=O)C(C)(C)C(=O)N(C)C2CCS(=O)(=O)C2)cc1. The summed E-state index contributed by atoms with van der Waals surface area (Å²) in [6.45, 7) is 5.06. The number of nitrogens with one attached hydrogen (secondary N) is 1. The van der Waals surface area contributed by atoms with Crippen LogP contribution in [0.1, 0.15) is 25.8 Å². The van der Waals surface area contributed by atoms with Gasteiger partial charge in [-0.15, -0.1) is 0 Å². The highest BCUT2D eigenvalue weighted by atomic mass is 32.2. The first-order chi connectivity index (χ1) is 11.0. The third-order valence-electron chi connectivity index (χ3n) is 4.49. The molecule has 7 heteroatoms. The van der Waals surface area contributed by atoms with Gasteiger partial charge in [0.2, 0.25) is 11.8 Å². The number of rotatable bonds is 4. The van der Waals surface area contributed by atoms with E-state index in [-0.39, 0.29) is 23.5 Å². The van der Waals surface area contributed by atoms with Crippen molar-refractivity contribution in [2.24, 2.45) is 5.41 Å². The molecule has 0 aromatic heterocycles. The Morgan fingerprint density at radius 3 is 2.29 bits per heavy atom. The highest BCUT2D eigenvalue weighted by Crippen LogP contribution is 2.25. The van der Waals surface area contributed by atoms with Crippen LogP contribution < -0.4 is 5.32 Å². The maximum atomic E-state index is 12.7. The van der Waals surface area contributed by atoms with Crippen molar-refractivity contribution in [3.63, 3.8) is 0 Å². The predicted molar refractivity (Wildman–Crippen MR) is 93.4 cm³/mol. The fourth-order valence-electron chi connectivity index (χ4n) is 2.71. The number of anilines is 1. The summed E-state index contributed by atoms with van der Waals surface area (Å²) >= 11 is 0. The number of nitrogens with zero attached hydrogens (tertiary/aromatic N) is 1. The maximum absolute atomic E-state index is 12.7. The van der Waals surface area contributed by atoms with Crippen molar-refractivity contribution in [1.82, 2.24) is 4.90 Å². The van der Waals surface area contributed by atoms with Crippen LogP contribution in [0.3, 0.4) is 0 Å². The van der Waals surface area contributed by atoms with Gasteiger partial charge in [-0.3, -0.25) is 9.59 Å². The Kier molecular flexibility index (Phi) is 5.03. The first-order valence-corrected chi connectivity index (χ1v) is 9.71. The quantitative estimate of drug-likeness (QED) is 0.835. The van der Waals surface area contributed by atoms with E-state index in [1.54, 1.807) is 33.0 Å². The van der Waals surface area contributed by atoms with Crippen molar-refractivity contribution in [2.75, 3.05) is 23.9 Å². The van der Waals surface area contributed by atoms with Crippen LogP contribution in [-0.2, 0) is 19.4 Å². The number of hydrogen-bond acceptors (Lipinski definition) is 4. The molecular formula is C17H24N2O4S. The van der Waals surface area contributed by atoms with E-state index < -0.39 is 21.2 Å². The van der Waals surface area contributed by atoms with Crippen LogP contribution in [0.25, 0.3) is 0 Å². The first kappa shape index (κ1) is 18.4. The molecule has 1 aliphatic rings. The summed E-state index contributed by atoms with van der Waals surface area (Å²) in [6, 6.07) is 6.94. The minimum Gasteiger partial charge on any atom is -0.341 e. The molecular weight excluding hydrogens is 328 g/mol. The van der Waals surface area contributed by atoms with E-state index in [0.29, 0.717) is 12.1 Å². The van der Waals surface area contributed by atoms with Crippen LogP contribution >= 0.6 is 0 Å². The molecule has 0 spiro atoms. The van der Waals surface area contributed by atoms with Crippen LogP contribution in [0, 0.1) is 12.3 Å². The molecule has 1 saturated heterocycles. The van der Waals surface area contributed by atoms with Gasteiger partial charge in [0.05, 0.1) is 11.5 Å². The van der Waals surface area contributed by atoms with Gasteiger partial charge in [0.1, 0.15) is 5.41 Å². The van der Waals surface area contributed by atoms with Gasteiger partial charge in [0, 0.05) is 18.8 Å². The summed E-state index contributed by atoms with van der Waals surface area (Å²) in [5, 5.41) is 2.75. The van der Waals surface area contributed by atoms with Crippen molar-refractivity contribution >= 4 is 27.3 Å². The minimum atomic E-state index is -3.09. The second kappa shape index (κ2) is 6.55. The van der Waals surface area contributed by atoms with E-state index in [9.17, 15) is 18.0 Å². The number of benzene rings is 1. The Morgan fingerprint density at radius 1 is 1.21 bits per heavy atom. The number of carbonyl (C=O) groups is 2. The Bertz CT molecular complexity index is 738. The van der Waals surface area contributed by atoms with E-state index in [1.807, 2.05) is 19.1 Å². The predicted octanol–water partition coefficient (Wildman–Crippen LogP) is 1.61. The van der Waals surface area contributed by atoms with Gasteiger partial charge in [0.25, 0.3) is 0 Å². The average Bonchev–Trinajstić information content (AvgIpc) is 2.88. The number of carbonyl (C=O) groups excluding carboxylic acids is 2. The molecule has 24 heavy (non-hydrogen) atoms. The van der Waals surface area contributed by atoms with Crippen molar-refractivity contribution in [2.45, 2.75) is 33.2 Å². The molecule has 1 N–H and O–H groups in total. The summed E-state index contributed by atoms with van der Waals surface area (Å²) in [4.78, 5) is 26.7. The number of aryl methyl sites for hydroxylation is 1. The largest absolute Gasteiger partial charge is 0.341 e. The fourth-order valence-corrected chi connectivity index (χ4v) is 4.48. The fraction of sp³-hybridized carbons (Fsp3) is 0.529. The van der Waals surface area contributed by atoms with Gasteiger partial charge in [-0.1, -0.05) is 17.7 Å². The van der Waals surface area contributed by atoms with E-state index in [4.69, 9.17) is 0 Å². The Morgan fingerprint density at radius 2 is 1.79 bits per heavy atom. The topological polar surface area (TPSA) is 83.6 Å². The normalized spacial score (nSPS) is 19.8. The molecule has 1 unspecified atom stereocenters.